The summed E-state index contributed by atoms with van der Waals surface area (Å²) in [5, 5.41) is 13.3. The molecule has 100 valence electrons. The van der Waals surface area contributed by atoms with Gasteiger partial charge in [-0.1, -0.05) is 13.8 Å². The first-order valence-electron chi connectivity index (χ1n) is 5.60. The molecule has 1 heterocycles. The molecule has 1 aromatic rings. The molecular formula is C12H17NO4S. The van der Waals surface area contributed by atoms with E-state index in [-0.39, 0.29) is 11.8 Å². The standard InChI is InChI=1S/C12H17NO4S/c1-7(2)4-9(12(15)16)13-11(14)10-5-8(17-3)6-18-10/h5-7,9H,4H2,1-3H3,(H,13,14)(H,15,16). The van der Waals surface area contributed by atoms with Crippen molar-refractivity contribution in [2.24, 2.45) is 5.92 Å². The van der Waals surface area contributed by atoms with Gasteiger partial charge in [0.25, 0.3) is 5.91 Å². The Balaban J connectivity index is 2.69. The minimum absolute atomic E-state index is 0.198. The summed E-state index contributed by atoms with van der Waals surface area (Å²) in [6, 6.07) is 0.736. The smallest absolute Gasteiger partial charge is 0.326 e. The van der Waals surface area contributed by atoms with Crippen molar-refractivity contribution in [1.82, 2.24) is 5.32 Å². The largest absolute Gasteiger partial charge is 0.496 e. The number of methoxy groups -OCH3 is 1. The van der Waals surface area contributed by atoms with Crippen LogP contribution in [0.1, 0.15) is 29.9 Å². The molecule has 1 atom stereocenters. The fraction of sp³-hybridized carbons (Fsp3) is 0.500. The predicted octanol–water partition coefficient (Wildman–Crippen LogP) is 1.99. The first-order valence-corrected chi connectivity index (χ1v) is 6.48. The molecule has 0 saturated carbocycles. The second-order valence-corrected chi connectivity index (χ2v) is 5.26. The molecule has 1 unspecified atom stereocenters. The van der Waals surface area contributed by atoms with Gasteiger partial charge < -0.3 is 15.2 Å². The van der Waals surface area contributed by atoms with Crippen molar-refractivity contribution < 1.29 is 19.4 Å². The first-order chi connectivity index (χ1) is 8.43. The van der Waals surface area contributed by atoms with E-state index in [2.05, 4.69) is 5.32 Å². The van der Waals surface area contributed by atoms with E-state index in [0.29, 0.717) is 17.0 Å². The molecule has 5 nitrogen and oxygen atoms in total. The van der Waals surface area contributed by atoms with Crippen molar-refractivity contribution >= 4 is 23.2 Å². The zero-order chi connectivity index (χ0) is 13.7. The number of hydrogen-bond donors (Lipinski definition) is 2. The molecular weight excluding hydrogens is 254 g/mol. The number of carboxylic acids is 1. The summed E-state index contributed by atoms with van der Waals surface area (Å²) < 4.78 is 4.98. The number of rotatable bonds is 6. The monoisotopic (exact) mass is 271 g/mol. The summed E-state index contributed by atoms with van der Waals surface area (Å²) >= 11 is 1.22. The SMILES string of the molecule is COc1csc(C(=O)NC(CC(C)C)C(=O)O)c1. The van der Waals surface area contributed by atoms with Crippen molar-refractivity contribution in [2.75, 3.05) is 7.11 Å². The fourth-order valence-corrected chi connectivity index (χ4v) is 2.22. The molecule has 6 heteroatoms. The van der Waals surface area contributed by atoms with Gasteiger partial charge in [-0.15, -0.1) is 11.3 Å². The summed E-state index contributed by atoms with van der Waals surface area (Å²) in [6.45, 7) is 3.83. The molecule has 18 heavy (non-hydrogen) atoms. The Hall–Kier alpha value is -1.56. The van der Waals surface area contributed by atoms with Gasteiger partial charge in [0.15, 0.2) is 0 Å². The Labute approximate surface area is 110 Å². The van der Waals surface area contributed by atoms with Crippen LogP contribution in [0.2, 0.25) is 0 Å². The molecule has 1 rings (SSSR count). The molecule has 0 bridgehead atoms. The molecule has 0 aliphatic carbocycles. The van der Waals surface area contributed by atoms with Gasteiger partial charge >= 0.3 is 5.97 Å². The molecule has 0 aromatic carbocycles. The third kappa shape index (κ3) is 4.03. The lowest BCUT2D eigenvalue weighted by molar-refractivity contribution is -0.139. The summed E-state index contributed by atoms with van der Waals surface area (Å²) in [5.74, 6) is -0.595. The summed E-state index contributed by atoms with van der Waals surface area (Å²) in [6.07, 6.45) is 0.406. The van der Waals surface area contributed by atoms with Gasteiger partial charge in [0, 0.05) is 11.4 Å². The van der Waals surface area contributed by atoms with Crippen LogP contribution in [0.4, 0.5) is 0 Å². The summed E-state index contributed by atoms with van der Waals surface area (Å²) in [4.78, 5) is 23.3. The second kappa shape index (κ2) is 6.39. The van der Waals surface area contributed by atoms with Crippen LogP contribution in [0.5, 0.6) is 5.75 Å². The van der Waals surface area contributed by atoms with E-state index < -0.39 is 12.0 Å². The molecule has 0 spiro atoms. The quantitative estimate of drug-likeness (QED) is 0.829. The number of carbonyl (C=O) groups excluding carboxylic acids is 1. The highest BCUT2D eigenvalue weighted by atomic mass is 32.1. The van der Waals surface area contributed by atoms with Gasteiger partial charge in [0.1, 0.15) is 11.8 Å². The first kappa shape index (κ1) is 14.5. The normalized spacial score (nSPS) is 12.2. The van der Waals surface area contributed by atoms with E-state index in [0.717, 1.165) is 0 Å². The van der Waals surface area contributed by atoms with Crippen molar-refractivity contribution in [3.8, 4) is 5.75 Å². The predicted molar refractivity (Wildman–Crippen MR) is 69.2 cm³/mol. The zero-order valence-corrected chi connectivity index (χ0v) is 11.4. The minimum Gasteiger partial charge on any atom is -0.496 e. The fourth-order valence-electron chi connectivity index (χ4n) is 1.47. The summed E-state index contributed by atoms with van der Waals surface area (Å²) in [5.41, 5.74) is 0. The van der Waals surface area contributed by atoms with Gasteiger partial charge in [-0.05, 0) is 12.3 Å². The lowest BCUT2D eigenvalue weighted by Gasteiger charge is -2.15. The lowest BCUT2D eigenvalue weighted by Crippen LogP contribution is -2.41. The average molecular weight is 271 g/mol. The highest BCUT2D eigenvalue weighted by molar-refractivity contribution is 7.12. The van der Waals surface area contributed by atoms with Crippen LogP contribution in [0.25, 0.3) is 0 Å². The Kier molecular flexibility index (Phi) is 5.15. The topological polar surface area (TPSA) is 75.6 Å². The molecule has 2 N–H and O–H groups in total. The van der Waals surface area contributed by atoms with Gasteiger partial charge in [0.05, 0.1) is 12.0 Å². The Bertz CT molecular complexity index is 427. The molecule has 0 saturated heterocycles. The number of carbonyl (C=O) groups is 2. The molecule has 1 aromatic heterocycles. The van der Waals surface area contributed by atoms with Crippen LogP contribution in [0.15, 0.2) is 11.4 Å². The van der Waals surface area contributed by atoms with Gasteiger partial charge in [-0.2, -0.15) is 0 Å². The molecule has 0 aliphatic heterocycles. The number of aliphatic carboxylic acids is 1. The average Bonchev–Trinajstić information content (AvgIpc) is 2.75. The Morgan fingerprint density at radius 1 is 1.50 bits per heavy atom. The molecule has 0 fully saturated rings. The maximum absolute atomic E-state index is 11.9. The van der Waals surface area contributed by atoms with E-state index >= 15 is 0 Å². The van der Waals surface area contributed by atoms with Crippen molar-refractivity contribution in [2.45, 2.75) is 26.3 Å². The van der Waals surface area contributed by atoms with E-state index in [1.54, 1.807) is 11.4 Å². The minimum atomic E-state index is -1.01. The van der Waals surface area contributed by atoms with Crippen LogP contribution >= 0.6 is 11.3 Å². The number of hydrogen-bond acceptors (Lipinski definition) is 4. The van der Waals surface area contributed by atoms with Crippen molar-refractivity contribution in [3.05, 3.63) is 16.3 Å². The third-order valence-corrected chi connectivity index (χ3v) is 3.25. The maximum atomic E-state index is 11.9. The number of carboxylic acid groups (broad SMARTS) is 1. The van der Waals surface area contributed by atoms with Crippen LogP contribution in [-0.2, 0) is 4.79 Å². The Morgan fingerprint density at radius 2 is 2.17 bits per heavy atom. The maximum Gasteiger partial charge on any atom is 0.326 e. The summed E-state index contributed by atoms with van der Waals surface area (Å²) in [7, 11) is 1.52. The second-order valence-electron chi connectivity index (χ2n) is 4.34. The van der Waals surface area contributed by atoms with E-state index in [1.807, 2.05) is 13.8 Å². The van der Waals surface area contributed by atoms with Gasteiger partial charge in [-0.3, -0.25) is 4.79 Å². The molecule has 0 radical (unpaired) electrons. The Morgan fingerprint density at radius 3 is 2.61 bits per heavy atom. The van der Waals surface area contributed by atoms with Crippen LogP contribution in [-0.4, -0.2) is 30.1 Å². The highest BCUT2D eigenvalue weighted by Crippen LogP contribution is 2.21. The van der Waals surface area contributed by atoms with Gasteiger partial charge in [-0.25, -0.2) is 4.79 Å². The number of thiophene rings is 1. The number of amides is 1. The number of nitrogens with one attached hydrogen (secondary N) is 1. The van der Waals surface area contributed by atoms with Crippen molar-refractivity contribution in [3.63, 3.8) is 0 Å². The third-order valence-electron chi connectivity index (χ3n) is 2.35. The van der Waals surface area contributed by atoms with Gasteiger partial charge in [0.2, 0.25) is 0 Å². The van der Waals surface area contributed by atoms with Crippen LogP contribution < -0.4 is 10.1 Å². The molecule has 0 aliphatic rings. The van der Waals surface area contributed by atoms with Crippen LogP contribution in [0.3, 0.4) is 0 Å². The number of ether oxygens (including phenoxy) is 1. The van der Waals surface area contributed by atoms with E-state index in [9.17, 15) is 9.59 Å². The lowest BCUT2D eigenvalue weighted by atomic mass is 10.0. The van der Waals surface area contributed by atoms with Crippen molar-refractivity contribution in [1.29, 1.82) is 0 Å². The highest BCUT2D eigenvalue weighted by Gasteiger charge is 2.22. The molecule has 1 amide bonds. The van der Waals surface area contributed by atoms with Crippen LogP contribution in [0, 0.1) is 5.92 Å². The van der Waals surface area contributed by atoms with E-state index in [4.69, 9.17) is 9.84 Å². The van der Waals surface area contributed by atoms with E-state index in [1.165, 1.54) is 18.4 Å². The zero-order valence-electron chi connectivity index (χ0n) is 10.6.